The number of rotatable bonds is 6. The third kappa shape index (κ3) is 5.99. The average Bonchev–Trinajstić information content (AvgIpc) is 3.35. The summed E-state index contributed by atoms with van der Waals surface area (Å²) in [6.07, 6.45) is -2.21. The number of pyridine rings is 1. The largest absolute Gasteiger partial charge is 0.462 e. The molecule has 2 atom stereocenters. The van der Waals surface area contributed by atoms with Gasteiger partial charge in [0.15, 0.2) is 5.82 Å². The van der Waals surface area contributed by atoms with E-state index < -0.39 is 34.7 Å². The van der Waals surface area contributed by atoms with Crippen molar-refractivity contribution >= 4 is 46.3 Å². The fraction of sp³-hybridized carbons (Fsp3) is 0.464. The van der Waals surface area contributed by atoms with Crippen LogP contribution in [0.5, 0.6) is 6.01 Å². The standard InChI is InChI=1S/C28H30ClF4N9O2/c1-14-9-19(34)37-25(22(14)28(31,32)33)21-18(29)10-17-24(23(21)30)38-27(44-13-16-5-4-6-40(16)3)39-26(17)42-8-7-41(12-15(42)2)20(43)11-36-35/h9-11,15-16H,4-8,12-13H2,1-3H3,(H2,34,37). The van der Waals surface area contributed by atoms with Gasteiger partial charge < -0.3 is 30.7 Å². The maximum absolute atomic E-state index is 16.5. The summed E-state index contributed by atoms with van der Waals surface area (Å²) in [5.41, 5.74) is 11.5. The van der Waals surface area contributed by atoms with Crippen LogP contribution in [0, 0.1) is 12.7 Å². The third-order valence-corrected chi connectivity index (χ3v) is 8.35. The van der Waals surface area contributed by atoms with Crippen molar-refractivity contribution in [2.45, 2.75) is 44.9 Å². The molecular weight excluding hydrogens is 606 g/mol. The molecule has 11 nitrogen and oxygen atoms in total. The van der Waals surface area contributed by atoms with Crippen molar-refractivity contribution in [3.05, 3.63) is 39.6 Å². The molecule has 2 unspecified atom stereocenters. The van der Waals surface area contributed by atoms with Crippen LogP contribution in [0.2, 0.25) is 5.02 Å². The van der Waals surface area contributed by atoms with Crippen LogP contribution >= 0.6 is 11.6 Å². The van der Waals surface area contributed by atoms with Crippen molar-refractivity contribution in [2.24, 2.45) is 0 Å². The van der Waals surface area contributed by atoms with Crippen molar-refractivity contribution in [3.63, 3.8) is 0 Å². The summed E-state index contributed by atoms with van der Waals surface area (Å²) in [4.78, 5) is 33.3. The van der Waals surface area contributed by atoms with Gasteiger partial charge in [0.05, 0.1) is 21.8 Å². The van der Waals surface area contributed by atoms with Gasteiger partial charge in [0, 0.05) is 37.1 Å². The molecule has 0 aliphatic carbocycles. The number of likely N-dealkylation sites (tertiary alicyclic amines) is 1. The number of aryl methyl sites for hydroxylation is 1. The first kappa shape index (κ1) is 31.4. The molecule has 2 aliphatic rings. The number of hydrogen-bond acceptors (Lipinski definition) is 8. The molecule has 2 saturated heterocycles. The minimum absolute atomic E-state index is 0.0823. The Labute approximate surface area is 255 Å². The highest BCUT2D eigenvalue weighted by Crippen LogP contribution is 2.44. The van der Waals surface area contributed by atoms with E-state index in [1.54, 1.807) is 0 Å². The van der Waals surface area contributed by atoms with E-state index in [1.165, 1.54) is 17.9 Å². The zero-order chi connectivity index (χ0) is 31.9. The summed E-state index contributed by atoms with van der Waals surface area (Å²) in [7, 11) is 1.96. The number of nitrogens with zero attached hydrogens (tertiary/aromatic N) is 8. The van der Waals surface area contributed by atoms with Crippen molar-refractivity contribution in [1.29, 1.82) is 0 Å². The van der Waals surface area contributed by atoms with Crippen molar-refractivity contribution in [2.75, 3.05) is 50.5 Å². The van der Waals surface area contributed by atoms with Gasteiger partial charge in [-0.05, 0) is 58.0 Å². The maximum atomic E-state index is 16.5. The van der Waals surface area contributed by atoms with E-state index in [-0.39, 0.29) is 77.5 Å². The summed E-state index contributed by atoms with van der Waals surface area (Å²) in [6, 6.07) is 1.93. The number of nitrogen functional groups attached to an aromatic ring is 1. The van der Waals surface area contributed by atoms with E-state index in [2.05, 4.69) is 24.6 Å². The molecule has 0 bridgehead atoms. The molecule has 2 N–H and O–H groups in total. The number of benzene rings is 1. The number of hydrogen-bond donors (Lipinski definition) is 1. The zero-order valence-corrected chi connectivity index (χ0v) is 25.0. The zero-order valence-electron chi connectivity index (χ0n) is 24.2. The molecule has 0 saturated carbocycles. The van der Waals surface area contributed by atoms with Gasteiger partial charge in [0.2, 0.25) is 0 Å². The Hall–Kier alpha value is -4.07. The molecule has 3 aromatic rings. The highest BCUT2D eigenvalue weighted by molar-refractivity contribution is 6.34. The Morgan fingerprint density at radius 2 is 2.00 bits per heavy atom. The summed E-state index contributed by atoms with van der Waals surface area (Å²) in [5, 5.41) is -0.205. The lowest BCUT2D eigenvalue weighted by molar-refractivity contribution is -0.137. The molecule has 16 heteroatoms. The molecule has 44 heavy (non-hydrogen) atoms. The van der Waals surface area contributed by atoms with E-state index >= 15 is 4.39 Å². The minimum Gasteiger partial charge on any atom is -0.462 e. The fourth-order valence-corrected chi connectivity index (χ4v) is 6.14. The van der Waals surface area contributed by atoms with E-state index in [1.807, 2.05) is 18.9 Å². The molecule has 5 rings (SSSR count). The van der Waals surface area contributed by atoms with Crippen LogP contribution in [0.3, 0.4) is 0 Å². The lowest BCUT2D eigenvalue weighted by atomic mass is 9.99. The number of fused-ring (bicyclic) bond motifs is 1. The molecule has 234 valence electrons. The van der Waals surface area contributed by atoms with Crippen LogP contribution in [-0.2, 0) is 11.0 Å². The fourth-order valence-electron chi connectivity index (χ4n) is 5.86. The van der Waals surface area contributed by atoms with E-state index in [4.69, 9.17) is 27.6 Å². The van der Waals surface area contributed by atoms with Gasteiger partial charge in [-0.15, -0.1) is 0 Å². The quantitative estimate of drug-likeness (QED) is 0.184. The first-order chi connectivity index (χ1) is 20.8. The molecule has 2 aromatic heterocycles. The number of ether oxygens (including phenoxy) is 1. The van der Waals surface area contributed by atoms with Gasteiger partial charge in [-0.2, -0.15) is 27.9 Å². The number of amides is 1. The number of halogens is 5. The molecular formula is C28H30ClF4N9O2. The van der Waals surface area contributed by atoms with Crippen molar-refractivity contribution < 1.29 is 31.9 Å². The average molecular weight is 636 g/mol. The predicted molar refractivity (Wildman–Crippen MR) is 156 cm³/mol. The molecule has 4 heterocycles. The van der Waals surface area contributed by atoms with E-state index in [0.29, 0.717) is 0 Å². The number of alkyl halides is 3. The van der Waals surface area contributed by atoms with Gasteiger partial charge in [-0.25, -0.2) is 9.37 Å². The Kier molecular flexibility index (Phi) is 8.65. The Bertz CT molecular complexity index is 1660. The monoisotopic (exact) mass is 635 g/mol. The van der Waals surface area contributed by atoms with E-state index in [0.717, 1.165) is 31.7 Å². The highest BCUT2D eigenvalue weighted by Gasteiger charge is 2.39. The number of piperazine rings is 1. The highest BCUT2D eigenvalue weighted by atomic mass is 35.5. The van der Waals surface area contributed by atoms with Crippen LogP contribution in [0.25, 0.3) is 27.7 Å². The first-order valence-electron chi connectivity index (χ1n) is 13.9. The van der Waals surface area contributed by atoms with Crippen LogP contribution in [-0.4, -0.2) is 93.6 Å². The maximum Gasteiger partial charge on any atom is 0.418 e. The van der Waals surface area contributed by atoms with Gasteiger partial charge in [-0.1, -0.05) is 11.6 Å². The second-order valence-electron chi connectivity index (χ2n) is 11.0. The molecule has 0 radical (unpaired) electrons. The van der Waals surface area contributed by atoms with Crippen molar-refractivity contribution in [1.82, 2.24) is 24.8 Å². The lowest BCUT2D eigenvalue weighted by Gasteiger charge is -2.40. The summed E-state index contributed by atoms with van der Waals surface area (Å²) in [5.74, 6) is -1.62. The van der Waals surface area contributed by atoms with E-state index in [9.17, 15) is 18.0 Å². The number of anilines is 2. The van der Waals surface area contributed by atoms with Crippen LogP contribution in [0.15, 0.2) is 12.1 Å². The van der Waals surface area contributed by atoms with Crippen LogP contribution < -0.4 is 15.4 Å². The van der Waals surface area contributed by atoms with Gasteiger partial charge in [0.25, 0.3) is 0 Å². The molecule has 1 amide bonds. The number of carbonyl (C=O) groups excluding carboxylic acids is 1. The third-order valence-electron chi connectivity index (χ3n) is 8.05. The Balaban J connectivity index is 1.67. The van der Waals surface area contributed by atoms with Gasteiger partial charge in [-0.3, -0.25) is 4.79 Å². The second-order valence-corrected chi connectivity index (χ2v) is 11.4. The Morgan fingerprint density at radius 3 is 2.64 bits per heavy atom. The number of nitrogens with two attached hydrogens (primary N) is 1. The van der Waals surface area contributed by atoms with Gasteiger partial charge in [0.1, 0.15) is 23.8 Å². The Morgan fingerprint density at radius 1 is 1.25 bits per heavy atom. The topological polar surface area (TPSA) is 137 Å². The minimum atomic E-state index is -4.88. The smallest absolute Gasteiger partial charge is 0.418 e. The van der Waals surface area contributed by atoms with Gasteiger partial charge >= 0.3 is 24.3 Å². The van der Waals surface area contributed by atoms with Crippen LogP contribution in [0.1, 0.15) is 30.9 Å². The summed E-state index contributed by atoms with van der Waals surface area (Å²) in [6.45, 7) is 4.83. The van der Waals surface area contributed by atoms with Crippen molar-refractivity contribution in [3.8, 4) is 17.3 Å². The second kappa shape index (κ2) is 12.1. The SMILES string of the molecule is Cc1cc(N)nc(-c2c(Cl)cc3c(N4CCN(C(=O)C=[N+]=[N-])CC4C)nc(OCC4CCCN4C)nc3c2F)c1C(F)(F)F. The molecule has 1 aromatic carbocycles. The number of likely N-dealkylation sites (N-methyl/N-ethyl adjacent to an activating group) is 1. The summed E-state index contributed by atoms with van der Waals surface area (Å²) >= 11 is 6.53. The summed E-state index contributed by atoms with van der Waals surface area (Å²) < 4.78 is 65.0. The lowest BCUT2D eigenvalue weighted by Crippen LogP contribution is -2.54. The normalized spacial score (nSPS) is 19.4. The predicted octanol–water partition coefficient (Wildman–Crippen LogP) is 4.20. The molecule has 0 spiro atoms. The van der Waals surface area contributed by atoms with Crippen LogP contribution in [0.4, 0.5) is 29.2 Å². The molecule has 2 aliphatic heterocycles. The number of aromatic nitrogens is 3. The molecule has 2 fully saturated rings. The number of carbonyl (C=O) groups is 1. The first-order valence-corrected chi connectivity index (χ1v) is 14.3.